The molecule has 0 atom stereocenters. The van der Waals surface area contributed by atoms with Crippen molar-refractivity contribution in [3.8, 4) is 5.75 Å². The summed E-state index contributed by atoms with van der Waals surface area (Å²) in [5.41, 5.74) is 2.02. The number of hydrogen-bond acceptors (Lipinski definition) is 4. The van der Waals surface area contributed by atoms with Crippen molar-refractivity contribution in [2.75, 3.05) is 4.90 Å². The third kappa shape index (κ3) is 2.63. The van der Waals surface area contributed by atoms with Gasteiger partial charge in [0.25, 0.3) is 0 Å². The minimum absolute atomic E-state index is 0.0614. The van der Waals surface area contributed by atoms with E-state index in [9.17, 15) is 14.7 Å². The summed E-state index contributed by atoms with van der Waals surface area (Å²) >= 11 is 0. The van der Waals surface area contributed by atoms with Crippen molar-refractivity contribution in [1.82, 2.24) is 4.98 Å². The Morgan fingerprint density at radius 1 is 1.26 bits per heavy atom. The Labute approximate surface area is 133 Å². The third-order valence-electron chi connectivity index (χ3n) is 3.96. The van der Waals surface area contributed by atoms with E-state index in [4.69, 9.17) is 5.11 Å². The van der Waals surface area contributed by atoms with E-state index in [1.54, 1.807) is 11.8 Å². The van der Waals surface area contributed by atoms with Crippen molar-refractivity contribution in [3.63, 3.8) is 0 Å². The van der Waals surface area contributed by atoms with Crippen molar-refractivity contribution in [3.05, 3.63) is 52.8 Å². The predicted octanol–water partition coefficient (Wildman–Crippen LogP) is 2.27. The molecular weight excluding hydrogens is 296 g/mol. The van der Waals surface area contributed by atoms with Gasteiger partial charge in [-0.2, -0.15) is 0 Å². The summed E-state index contributed by atoms with van der Waals surface area (Å²) in [6.45, 7) is 2.02. The molecule has 0 unspecified atom stereocenters. The number of pyridine rings is 1. The zero-order valence-electron chi connectivity index (χ0n) is 12.6. The highest BCUT2D eigenvalue weighted by atomic mass is 16.4. The molecule has 23 heavy (non-hydrogen) atoms. The van der Waals surface area contributed by atoms with Gasteiger partial charge in [-0.25, -0.2) is 9.78 Å². The summed E-state index contributed by atoms with van der Waals surface area (Å²) in [7, 11) is 0. The number of amides is 1. The summed E-state index contributed by atoms with van der Waals surface area (Å²) in [6.07, 6.45) is 0.546. The molecular formula is C17H16N2O4. The maximum Gasteiger partial charge on any atom is 0.358 e. The Kier molecular flexibility index (Phi) is 3.73. The Morgan fingerprint density at radius 2 is 1.96 bits per heavy atom. The van der Waals surface area contributed by atoms with Crippen LogP contribution in [0.3, 0.4) is 0 Å². The molecule has 0 bridgehead atoms. The number of carbonyl (C=O) groups is 2. The van der Waals surface area contributed by atoms with E-state index in [-0.39, 0.29) is 23.8 Å². The zero-order valence-corrected chi connectivity index (χ0v) is 12.6. The Hall–Kier alpha value is -2.89. The first-order valence-corrected chi connectivity index (χ1v) is 7.29. The fourth-order valence-corrected chi connectivity index (χ4v) is 2.92. The number of carboxylic acid groups (broad SMARTS) is 1. The molecule has 1 aliphatic rings. The second-order valence-electron chi connectivity index (χ2n) is 5.49. The smallest absolute Gasteiger partial charge is 0.358 e. The summed E-state index contributed by atoms with van der Waals surface area (Å²) < 4.78 is 0. The van der Waals surface area contributed by atoms with Crippen LogP contribution in [0.2, 0.25) is 0 Å². The molecule has 1 aromatic heterocycles. The SMILES string of the molecule is Cc1nc(C(=O)O)c(O)c2c1N(Cc1ccccc1)C(=O)CC2. The van der Waals surface area contributed by atoms with E-state index in [2.05, 4.69) is 4.98 Å². The summed E-state index contributed by atoms with van der Waals surface area (Å²) in [5.74, 6) is -1.68. The number of aromatic nitrogens is 1. The third-order valence-corrected chi connectivity index (χ3v) is 3.96. The summed E-state index contributed by atoms with van der Waals surface area (Å²) in [5, 5.41) is 19.4. The Balaban J connectivity index is 2.10. The Morgan fingerprint density at radius 3 is 2.61 bits per heavy atom. The highest BCUT2D eigenvalue weighted by Gasteiger charge is 2.31. The van der Waals surface area contributed by atoms with E-state index in [0.29, 0.717) is 29.9 Å². The maximum absolute atomic E-state index is 12.3. The minimum atomic E-state index is -1.28. The van der Waals surface area contributed by atoms with Crippen LogP contribution in [0.1, 0.15) is 33.7 Å². The first-order chi connectivity index (χ1) is 11.0. The van der Waals surface area contributed by atoms with Crippen molar-refractivity contribution < 1.29 is 19.8 Å². The van der Waals surface area contributed by atoms with Crippen LogP contribution in [-0.4, -0.2) is 27.1 Å². The van der Waals surface area contributed by atoms with Crippen molar-refractivity contribution in [2.45, 2.75) is 26.3 Å². The van der Waals surface area contributed by atoms with Crippen molar-refractivity contribution in [1.29, 1.82) is 0 Å². The van der Waals surface area contributed by atoms with Gasteiger partial charge < -0.3 is 15.1 Å². The summed E-state index contributed by atoms with van der Waals surface area (Å²) in [4.78, 5) is 29.1. The molecule has 0 spiro atoms. The first-order valence-electron chi connectivity index (χ1n) is 7.29. The fraction of sp³-hybridized carbons (Fsp3) is 0.235. The molecule has 1 aromatic carbocycles. The fourth-order valence-electron chi connectivity index (χ4n) is 2.92. The van der Waals surface area contributed by atoms with Crippen LogP contribution in [0.15, 0.2) is 30.3 Å². The molecule has 0 radical (unpaired) electrons. The predicted molar refractivity (Wildman–Crippen MR) is 83.6 cm³/mol. The van der Waals surface area contributed by atoms with Crippen LogP contribution in [0.25, 0.3) is 0 Å². The average molecular weight is 312 g/mol. The number of nitrogens with zero attached hydrogens (tertiary/aromatic N) is 2. The van der Waals surface area contributed by atoms with Crippen LogP contribution in [0.4, 0.5) is 5.69 Å². The van der Waals surface area contributed by atoms with Gasteiger partial charge in [0, 0.05) is 12.0 Å². The zero-order chi connectivity index (χ0) is 16.6. The van der Waals surface area contributed by atoms with Gasteiger partial charge in [-0.3, -0.25) is 4.79 Å². The van der Waals surface area contributed by atoms with E-state index in [0.717, 1.165) is 5.56 Å². The topological polar surface area (TPSA) is 90.7 Å². The van der Waals surface area contributed by atoms with Gasteiger partial charge in [-0.15, -0.1) is 0 Å². The number of hydrogen-bond donors (Lipinski definition) is 2. The number of aryl methyl sites for hydroxylation is 1. The molecule has 1 amide bonds. The number of anilines is 1. The normalized spacial score (nSPS) is 13.8. The standard InChI is InChI=1S/C17H16N2O4/c1-10-15-12(16(21)14(18-10)17(22)23)7-8-13(20)19(15)9-11-5-3-2-4-6-11/h2-6,21H,7-9H2,1H3,(H,22,23). The van der Waals surface area contributed by atoms with Crippen LogP contribution in [0, 0.1) is 6.92 Å². The number of rotatable bonds is 3. The molecule has 2 aromatic rings. The molecule has 0 saturated carbocycles. The lowest BCUT2D eigenvalue weighted by atomic mass is 9.97. The van der Waals surface area contributed by atoms with Crippen LogP contribution in [0.5, 0.6) is 5.75 Å². The van der Waals surface area contributed by atoms with Gasteiger partial charge in [0.05, 0.1) is 17.9 Å². The molecule has 6 nitrogen and oxygen atoms in total. The van der Waals surface area contributed by atoms with E-state index in [1.165, 1.54) is 0 Å². The number of benzene rings is 1. The number of carboxylic acids is 1. The monoisotopic (exact) mass is 312 g/mol. The molecule has 0 aliphatic carbocycles. The number of carbonyl (C=O) groups excluding carboxylic acids is 1. The van der Waals surface area contributed by atoms with E-state index >= 15 is 0 Å². The lowest BCUT2D eigenvalue weighted by molar-refractivity contribution is -0.119. The number of fused-ring (bicyclic) bond motifs is 1. The molecule has 1 aliphatic heterocycles. The summed E-state index contributed by atoms with van der Waals surface area (Å²) in [6, 6.07) is 9.50. The Bertz CT molecular complexity index is 787. The minimum Gasteiger partial charge on any atom is -0.505 e. The quantitative estimate of drug-likeness (QED) is 0.907. The molecule has 6 heteroatoms. The van der Waals surface area contributed by atoms with Gasteiger partial charge in [-0.1, -0.05) is 30.3 Å². The molecule has 0 saturated heterocycles. The van der Waals surface area contributed by atoms with Gasteiger partial charge in [0.1, 0.15) is 0 Å². The largest absolute Gasteiger partial charge is 0.505 e. The second kappa shape index (κ2) is 5.72. The highest BCUT2D eigenvalue weighted by molar-refractivity contribution is 5.99. The van der Waals surface area contributed by atoms with E-state index < -0.39 is 5.97 Å². The molecule has 2 heterocycles. The molecule has 0 fully saturated rings. The maximum atomic E-state index is 12.3. The molecule has 3 rings (SSSR count). The van der Waals surface area contributed by atoms with Gasteiger partial charge >= 0.3 is 5.97 Å². The van der Waals surface area contributed by atoms with Gasteiger partial charge in [0.15, 0.2) is 11.4 Å². The van der Waals surface area contributed by atoms with Crippen LogP contribution < -0.4 is 4.90 Å². The molecule has 2 N–H and O–H groups in total. The number of aromatic carboxylic acids is 1. The second-order valence-corrected chi connectivity index (χ2v) is 5.49. The lowest BCUT2D eigenvalue weighted by Crippen LogP contribution is -2.35. The van der Waals surface area contributed by atoms with Crippen LogP contribution in [-0.2, 0) is 17.8 Å². The molecule has 118 valence electrons. The first kappa shape index (κ1) is 15.0. The van der Waals surface area contributed by atoms with Crippen molar-refractivity contribution >= 4 is 17.6 Å². The van der Waals surface area contributed by atoms with E-state index in [1.807, 2.05) is 30.3 Å². The van der Waals surface area contributed by atoms with Gasteiger partial charge in [0.2, 0.25) is 5.91 Å². The highest BCUT2D eigenvalue weighted by Crippen LogP contribution is 2.38. The number of aromatic hydroxyl groups is 1. The van der Waals surface area contributed by atoms with Crippen molar-refractivity contribution in [2.24, 2.45) is 0 Å². The average Bonchev–Trinajstić information content (AvgIpc) is 2.53. The van der Waals surface area contributed by atoms with Gasteiger partial charge in [-0.05, 0) is 18.9 Å². The lowest BCUT2D eigenvalue weighted by Gasteiger charge is -2.31. The van der Waals surface area contributed by atoms with Crippen LogP contribution >= 0.6 is 0 Å².